The number of aliphatic hydroxyl groups is 1. The molecule has 2 aromatic rings. The Morgan fingerprint density at radius 3 is 2.71 bits per heavy atom. The second-order valence-corrected chi connectivity index (χ2v) is 10.6. The predicted octanol–water partition coefficient (Wildman–Crippen LogP) is 1.62. The van der Waals surface area contributed by atoms with Crippen LogP contribution in [-0.2, 0) is 14.8 Å². The summed E-state index contributed by atoms with van der Waals surface area (Å²) in [4.78, 5) is 19.5. The second-order valence-electron chi connectivity index (χ2n) is 8.53. The molecule has 1 aromatic carbocycles. The van der Waals surface area contributed by atoms with Gasteiger partial charge in [-0.2, -0.15) is 4.31 Å². The number of fused-ring (bicyclic) bond motifs is 1. The van der Waals surface area contributed by atoms with Gasteiger partial charge < -0.3 is 19.5 Å². The zero-order valence-electron chi connectivity index (χ0n) is 20.3. The first-order valence-electron chi connectivity index (χ1n) is 11.3. The Hall–Kier alpha value is -2.97. The van der Waals surface area contributed by atoms with Crippen LogP contribution in [0.1, 0.15) is 29.8 Å². The van der Waals surface area contributed by atoms with Crippen LogP contribution in [0.4, 0.5) is 0 Å². The molecule has 0 saturated carbocycles. The van der Waals surface area contributed by atoms with E-state index >= 15 is 0 Å². The molecule has 0 unspecified atom stereocenters. The molecule has 2 heterocycles. The molecule has 0 aliphatic carbocycles. The summed E-state index contributed by atoms with van der Waals surface area (Å²) >= 11 is 0. The van der Waals surface area contributed by atoms with E-state index in [-0.39, 0.29) is 54.5 Å². The fraction of sp³-hybridized carbons (Fsp3) is 0.440. The zero-order chi connectivity index (χ0) is 25.6. The van der Waals surface area contributed by atoms with Crippen LogP contribution in [0.2, 0.25) is 0 Å². The number of benzene rings is 1. The average molecular weight is 502 g/mol. The number of aliphatic hydroxyl groups excluding tert-OH is 1. The number of hydrogen-bond acceptors (Lipinski definition) is 7. The molecule has 3 atom stereocenters. The Morgan fingerprint density at radius 1 is 1.34 bits per heavy atom. The summed E-state index contributed by atoms with van der Waals surface area (Å²) in [6.07, 6.45) is 0.902. The molecule has 0 saturated heterocycles. The van der Waals surface area contributed by atoms with Crippen LogP contribution in [0.3, 0.4) is 0 Å². The Labute approximate surface area is 206 Å². The lowest BCUT2D eigenvalue weighted by Crippen LogP contribution is -2.50. The molecule has 1 aliphatic rings. The largest absolute Gasteiger partial charge is 0.472 e. The number of nitrogens with zero attached hydrogens (tertiary/aromatic N) is 3. The van der Waals surface area contributed by atoms with E-state index in [4.69, 9.17) is 9.47 Å². The monoisotopic (exact) mass is 501 g/mol. The van der Waals surface area contributed by atoms with Crippen molar-refractivity contribution in [1.82, 2.24) is 14.2 Å². The first kappa shape index (κ1) is 26.6. The first-order valence-corrected chi connectivity index (χ1v) is 12.7. The highest BCUT2D eigenvalue weighted by atomic mass is 32.2. The number of pyridine rings is 1. The normalized spacial score (nSPS) is 19.1. The fourth-order valence-electron chi connectivity index (χ4n) is 3.72. The third kappa shape index (κ3) is 6.18. The standard InChI is InChI=1S/C25H31N3O6S/c1-18-15-28(19(2)17-29)25(30)22-13-20(9-8-12-33-4)14-26-24(22)34-23(18)16-27(3)35(31,32)21-10-6-5-7-11-21/h5-7,10-11,13-14,18-19,23,29H,12,15-17H2,1-4H3/t18-,19-,23-/m0/s1. The van der Waals surface area contributed by atoms with E-state index in [2.05, 4.69) is 16.8 Å². The van der Waals surface area contributed by atoms with Gasteiger partial charge in [0.05, 0.1) is 24.1 Å². The van der Waals surface area contributed by atoms with Gasteiger partial charge in [0.15, 0.2) is 0 Å². The third-order valence-corrected chi connectivity index (χ3v) is 7.70. The summed E-state index contributed by atoms with van der Waals surface area (Å²) in [5, 5.41) is 9.78. The Morgan fingerprint density at radius 2 is 2.06 bits per heavy atom. The van der Waals surface area contributed by atoms with Crippen LogP contribution in [0.15, 0.2) is 47.5 Å². The highest BCUT2D eigenvalue weighted by Gasteiger charge is 2.35. The van der Waals surface area contributed by atoms with Gasteiger partial charge in [-0.25, -0.2) is 13.4 Å². The van der Waals surface area contributed by atoms with Crippen LogP contribution >= 0.6 is 0 Å². The van der Waals surface area contributed by atoms with Crippen molar-refractivity contribution in [1.29, 1.82) is 0 Å². The summed E-state index contributed by atoms with van der Waals surface area (Å²) < 4.78 is 38.5. The van der Waals surface area contributed by atoms with Crippen molar-refractivity contribution in [2.45, 2.75) is 30.9 Å². The smallest absolute Gasteiger partial charge is 0.259 e. The highest BCUT2D eigenvalue weighted by Crippen LogP contribution is 2.28. The lowest BCUT2D eigenvalue weighted by Gasteiger charge is -2.37. The van der Waals surface area contributed by atoms with E-state index < -0.39 is 22.2 Å². The summed E-state index contributed by atoms with van der Waals surface area (Å²) in [5.41, 5.74) is 0.725. The molecule has 9 nitrogen and oxygen atoms in total. The third-order valence-electron chi connectivity index (χ3n) is 5.86. The van der Waals surface area contributed by atoms with Crippen LogP contribution in [0, 0.1) is 17.8 Å². The average Bonchev–Trinajstić information content (AvgIpc) is 2.86. The lowest BCUT2D eigenvalue weighted by molar-refractivity contribution is 0.0373. The molecule has 0 spiro atoms. The van der Waals surface area contributed by atoms with Gasteiger partial charge in [-0.05, 0) is 25.1 Å². The summed E-state index contributed by atoms with van der Waals surface area (Å²) in [7, 11) is -0.706. The first-order chi connectivity index (χ1) is 16.7. The maximum Gasteiger partial charge on any atom is 0.259 e. The van der Waals surface area contributed by atoms with Crippen molar-refractivity contribution in [3.05, 3.63) is 53.7 Å². The molecule has 1 aliphatic heterocycles. The summed E-state index contributed by atoms with van der Waals surface area (Å²) in [6.45, 7) is 3.96. The Bertz CT molecular complexity index is 1190. The number of carbonyl (C=O) groups is 1. The molecular formula is C25H31N3O6S. The maximum absolute atomic E-state index is 13.4. The molecule has 188 valence electrons. The van der Waals surface area contributed by atoms with Crippen molar-refractivity contribution >= 4 is 15.9 Å². The van der Waals surface area contributed by atoms with Crippen molar-refractivity contribution in [3.63, 3.8) is 0 Å². The van der Waals surface area contributed by atoms with Gasteiger partial charge in [0, 0.05) is 38.4 Å². The van der Waals surface area contributed by atoms with Crippen LogP contribution in [0.5, 0.6) is 5.88 Å². The Balaban J connectivity index is 1.97. The zero-order valence-corrected chi connectivity index (χ0v) is 21.2. The molecule has 1 amide bonds. The molecule has 10 heteroatoms. The fourth-order valence-corrected chi connectivity index (χ4v) is 4.93. The molecule has 1 aromatic heterocycles. The van der Waals surface area contributed by atoms with Gasteiger partial charge in [0.1, 0.15) is 18.3 Å². The van der Waals surface area contributed by atoms with Crippen molar-refractivity contribution in [2.24, 2.45) is 5.92 Å². The molecule has 0 radical (unpaired) electrons. The van der Waals surface area contributed by atoms with Crippen molar-refractivity contribution in [3.8, 4) is 17.7 Å². The van der Waals surface area contributed by atoms with Crippen molar-refractivity contribution in [2.75, 3.05) is 40.5 Å². The number of hydrogen-bond donors (Lipinski definition) is 1. The lowest BCUT2D eigenvalue weighted by atomic mass is 10.0. The quantitative estimate of drug-likeness (QED) is 0.574. The predicted molar refractivity (Wildman–Crippen MR) is 130 cm³/mol. The van der Waals surface area contributed by atoms with E-state index in [9.17, 15) is 18.3 Å². The second kappa shape index (κ2) is 11.6. The van der Waals surface area contributed by atoms with Crippen molar-refractivity contribution < 1.29 is 27.8 Å². The molecule has 3 rings (SSSR count). The number of aromatic nitrogens is 1. The molecular weight excluding hydrogens is 470 g/mol. The van der Waals surface area contributed by atoms with Gasteiger partial charge >= 0.3 is 0 Å². The number of methoxy groups -OCH3 is 1. The minimum Gasteiger partial charge on any atom is -0.472 e. The number of ether oxygens (including phenoxy) is 2. The van der Waals surface area contributed by atoms with E-state index in [0.717, 1.165) is 0 Å². The number of rotatable bonds is 7. The highest BCUT2D eigenvalue weighted by molar-refractivity contribution is 7.89. The van der Waals surface area contributed by atoms with Gasteiger partial charge in [-0.15, -0.1) is 0 Å². The van der Waals surface area contributed by atoms with E-state index in [1.807, 2.05) is 6.92 Å². The molecule has 0 fully saturated rings. The molecule has 1 N–H and O–H groups in total. The number of carbonyl (C=O) groups excluding carboxylic acids is 1. The molecule has 35 heavy (non-hydrogen) atoms. The van der Waals surface area contributed by atoms with Gasteiger partial charge in [0.2, 0.25) is 15.9 Å². The van der Waals surface area contributed by atoms with Crippen LogP contribution in [0.25, 0.3) is 0 Å². The number of likely N-dealkylation sites (N-methyl/N-ethyl adjacent to an activating group) is 1. The van der Waals surface area contributed by atoms with Gasteiger partial charge in [0.25, 0.3) is 5.91 Å². The topological polar surface area (TPSA) is 109 Å². The molecule has 0 bridgehead atoms. The minimum atomic E-state index is -3.74. The van der Waals surface area contributed by atoms with E-state index in [0.29, 0.717) is 5.56 Å². The SMILES string of the molecule is COCC#Cc1cnc2c(c1)C(=O)N([C@@H](C)CO)C[C@H](C)[C@H](CN(C)S(=O)(=O)c1ccccc1)O2. The van der Waals surface area contributed by atoms with Gasteiger partial charge in [-0.3, -0.25) is 4.79 Å². The Kier molecular flexibility index (Phi) is 8.86. The summed E-state index contributed by atoms with van der Waals surface area (Å²) in [6, 6.07) is 9.32. The minimum absolute atomic E-state index is 0.0461. The van der Waals surface area contributed by atoms with Gasteiger partial charge in [-0.1, -0.05) is 37.0 Å². The van der Waals surface area contributed by atoms with E-state index in [1.165, 1.54) is 24.7 Å². The number of amides is 1. The summed E-state index contributed by atoms with van der Waals surface area (Å²) in [5.74, 6) is 5.24. The van der Waals surface area contributed by atoms with E-state index in [1.54, 1.807) is 48.2 Å². The van der Waals surface area contributed by atoms with Crippen LogP contribution < -0.4 is 4.74 Å². The number of sulfonamides is 1. The van der Waals surface area contributed by atoms with Crippen LogP contribution in [-0.4, -0.2) is 86.2 Å². The maximum atomic E-state index is 13.4.